The second-order valence-electron chi connectivity index (χ2n) is 7.82. The quantitative estimate of drug-likeness (QED) is 0.297. The number of hydrogen-bond acceptors (Lipinski definition) is 6. The highest BCUT2D eigenvalue weighted by atomic mass is 32.2. The number of halogens is 1. The van der Waals surface area contributed by atoms with Crippen LogP contribution in [0.3, 0.4) is 0 Å². The lowest BCUT2D eigenvalue weighted by Gasteiger charge is -2.10. The average molecular weight is 488 g/mol. The van der Waals surface area contributed by atoms with E-state index >= 15 is 0 Å². The molecule has 1 N–H and O–H groups in total. The third-order valence-corrected chi connectivity index (χ3v) is 6.45. The van der Waals surface area contributed by atoms with Gasteiger partial charge in [0.15, 0.2) is 5.65 Å². The molecule has 5 rings (SSSR count). The zero-order valence-corrected chi connectivity index (χ0v) is 19.5. The van der Waals surface area contributed by atoms with Gasteiger partial charge < -0.3 is 9.73 Å². The number of pyridine rings is 2. The fourth-order valence-electron chi connectivity index (χ4n) is 3.69. The van der Waals surface area contributed by atoms with Gasteiger partial charge in [0.1, 0.15) is 18.1 Å². The molecule has 4 heterocycles. The topological polar surface area (TPSA) is 85.8 Å². The molecular formula is C26H22FN5O2S. The lowest BCUT2D eigenvalue weighted by molar-refractivity contribution is 0.0958. The van der Waals surface area contributed by atoms with Crippen LogP contribution in [0.25, 0.3) is 22.3 Å². The van der Waals surface area contributed by atoms with Crippen molar-refractivity contribution >= 4 is 28.7 Å². The van der Waals surface area contributed by atoms with Crippen LogP contribution in [-0.4, -0.2) is 38.0 Å². The number of amides is 1. The molecule has 0 spiro atoms. The summed E-state index contributed by atoms with van der Waals surface area (Å²) in [4.78, 5) is 22.1. The molecule has 7 nitrogen and oxygen atoms in total. The number of thioether (sulfide) groups is 1. The maximum atomic E-state index is 13.8. The van der Waals surface area contributed by atoms with Crippen molar-refractivity contribution in [1.29, 1.82) is 0 Å². The lowest BCUT2D eigenvalue weighted by atomic mass is 10.1. The zero-order valence-electron chi connectivity index (χ0n) is 18.7. The molecular weight excluding hydrogens is 465 g/mol. The molecule has 0 saturated heterocycles. The van der Waals surface area contributed by atoms with E-state index in [-0.39, 0.29) is 11.7 Å². The number of furan rings is 1. The molecule has 0 aliphatic rings. The Bertz CT molecular complexity index is 1440. The molecule has 5 aromatic rings. The van der Waals surface area contributed by atoms with E-state index in [0.29, 0.717) is 52.4 Å². The number of carbonyl (C=O) groups excluding carboxylic acids is 1. The number of aromatic nitrogens is 4. The fourth-order valence-corrected chi connectivity index (χ4v) is 4.54. The summed E-state index contributed by atoms with van der Waals surface area (Å²) in [6, 6.07) is 15.9. The van der Waals surface area contributed by atoms with E-state index in [4.69, 9.17) is 9.40 Å². The summed E-state index contributed by atoms with van der Waals surface area (Å²) in [6.45, 7) is 0.846. The van der Waals surface area contributed by atoms with Crippen LogP contribution >= 0.6 is 11.8 Å². The van der Waals surface area contributed by atoms with E-state index in [2.05, 4.69) is 15.4 Å². The number of benzene rings is 1. The second kappa shape index (κ2) is 10.5. The molecule has 176 valence electrons. The maximum Gasteiger partial charge on any atom is 0.252 e. The van der Waals surface area contributed by atoms with Gasteiger partial charge in [0.05, 0.1) is 29.1 Å². The van der Waals surface area contributed by atoms with Gasteiger partial charge in [-0.25, -0.2) is 14.1 Å². The summed E-state index contributed by atoms with van der Waals surface area (Å²) in [5.41, 5.74) is 3.16. The minimum atomic E-state index is -0.216. The highest BCUT2D eigenvalue weighted by Crippen LogP contribution is 2.25. The summed E-state index contributed by atoms with van der Waals surface area (Å²) in [5, 5.41) is 8.08. The van der Waals surface area contributed by atoms with E-state index < -0.39 is 0 Å². The first kappa shape index (κ1) is 22.8. The molecule has 9 heteroatoms. The van der Waals surface area contributed by atoms with Crippen LogP contribution < -0.4 is 5.32 Å². The molecule has 1 aromatic carbocycles. The van der Waals surface area contributed by atoms with Gasteiger partial charge >= 0.3 is 0 Å². The Labute approximate surface area is 205 Å². The Balaban J connectivity index is 1.35. The van der Waals surface area contributed by atoms with Crippen molar-refractivity contribution in [2.45, 2.75) is 12.3 Å². The van der Waals surface area contributed by atoms with Crippen molar-refractivity contribution in [1.82, 2.24) is 25.1 Å². The summed E-state index contributed by atoms with van der Waals surface area (Å²) in [5.74, 6) is 1.51. The number of nitrogens with zero attached hydrogens (tertiary/aromatic N) is 4. The molecule has 4 aromatic heterocycles. The van der Waals surface area contributed by atoms with Gasteiger partial charge in [-0.2, -0.15) is 16.9 Å². The number of nitrogens with one attached hydrogen (secondary N) is 1. The van der Waals surface area contributed by atoms with E-state index in [1.807, 2.05) is 30.3 Å². The van der Waals surface area contributed by atoms with Crippen molar-refractivity contribution in [3.05, 3.63) is 102 Å². The highest BCUT2D eigenvalue weighted by Gasteiger charge is 2.18. The number of rotatable bonds is 9. The predicted octanol–water partition coefficient (Wildman–Crippen LogP) is 4.94. The van der Waals surface area contributed by atoms with Gasteiger partial charge in [-0.15, -0.1) is 0 Å². The first-order chi connectivity index (χ1) is 17.2. The third kappa shape index (κ3) is 5.25. The van der Waals surface area contributed by atoms with Crippen LogP contribution in [0.2, 0.25) is 0 Å². The van der Waals surface area contributed by atoms with Gasteiger partial charge in [-0.05, 0) is 42.0 Å². The van der Waals surface area contributed by atoms with E-state index in [0.717, 1.165) is 11.3 Å². The van der Waals surface area contributed by atoms with Gasteiger partial charge in [-0.3, -0.25) is 9.78 Å². The molecule has 0 unspecified atom stereocenters. The van der Waals surface area contributed by atoms with E-state index in [1.165, 1.54) is 6.07 Å². The first-order valence-electron chi connectivity index (χ1n) is 11.1. The molecule has 0 fully saturated rings. The van der Waals surface area contributed by atoms with Gasteiger partial charge in [0.25, 0.3) is 5.91 Å². The Morgan fingerprint density at radius 3 is 2.83 bits per heavy atom. The van der Waals surface area contributed by atoms with Crippen molar-refractivity contribution < 1.29 is 13.6 Å². The summed E-state index contributed by atoms with van der Waals surface area (Å²) >= 11 is 1.57. The van der Waals surface area contributed by atoms with Crippen LogP contribution in [0, 0.1) is 5.82 Å². The van der Waals surface area contributed by atoms with E-state index in [1.54, 1.807) is 59.5 Å². The standard InChI is InChI=1S/C26H22FN5O2S/c27-23-8-2-1-5-19(23)17-35-12-10-29-26(33)21-13-24(18-6-3-9-28-14-18)31-25-22(21)15-30-32(25)16-20-7-4-11-34-20/h1-9,11,13-15H,10,12,16-17H2,(H,29,33). The Morgan fingerprint density at radius 1 is 1.11 bits per heavy atom. The van der Waals surface area contributed by atoms with E-state index in [9.17, 15) is 9.18 Å². The largest absolute Gasteiger partial charge is 0.467 e. The smallest absolute Gasteiger partial charge is 0.252 e. The van der Waals surface area contributed by atoms with Crippen molar-refractivity contribution in [3.8, 4) is 11.3 Å². The predicted molar refractivity (Wildman–Crippen MR) is 133 cm³/mol. The average Bonchev–Trinajstić information content (AvgIpc) is 3.55. The molecule has 0 atom stereocenters. The van der Waals surface area contributed by atoms with Gasteiger partial charge in [0.2, 0.25) is 0 Å². The molecule has 0 aliphatic heterocycles. The fraction of sp³-hybridized carbons (Fsp3) is 0.154. The maximum absolute atomic E-state index is 13.8. The normalized spacial score (nSPS) is 11.1. The van der Waals surface area contributed by atoms with Gasteiger partial charge in [0, 0.05) is 36.0 Å². The Morgan fingerprint density at radius 2 is 2.03 bits per heavy atom. The monoisotopic (exact) mass is 487 g/mol. The zero-order chi connectivity index (χ0) is 24.0. The van der Waals surface area contributed by atoms with Crippen LogP contribution in [0.4, 0.5) is 4.39 Å². The molecule has 0 saturated carbocycles. The van der Waals surface area contributed by atoms with Crippen LogP contribution in [0.1, 0.15) is 21.7 Å². The van der Waals surface area contributed by atoms with Crippen molar-refractivity contribution in [3.63, 3.8) is 0 Å². The third-order valence-electron chi connectivity index (χ3n) is 5.44. The van der Waals surface area contributed by atoms with Gasteiger partial charge in [-0.1, -0.05) is 18.2 Å². The minimum Gasteiger partial charge on any atom is -0.467 e. The van der Waals surface area contributed by atoms with Crippen LogP contribution in [-0.2, 0) is 12.3 Å². The van der Waals surface area contributed by atoms with Crippen molar-refractivity contribution in [2.75, 3.05) is 12.3 Å². The molecule has 0 bridgehead atoms. The number of carbonyl (C=O) groups is 1. The number of hydrogen-bond donors (Lipinski definition) is 1. The summed E-state index contributed by atoms with van der Waals surface area (Å²) < 4.78 is 21.0. The molecule has 35 heavy (non-hydrogen) atoms. The molecule has 1 amide bonds. The van der Waals surface area contributed by atoms with Crippen molar-refractivity contribution in [2.24, 2.45) is 0 Å². The van der Waals surface area contributed by atoms with Crippen LogP contribution in [0.15, 0.2) is 83.9 Å². The minimum absolute atomic E-state index is 0.210. The lowest BCUT2D eigenvalue weighted by Crippen LogP contribution is -2.26. The SMILES string of the molecule is O=C(NCCSCc1ccccc1F)c1cc(-c2cccnc2)nc2c1cnn2Cc1ccco1. The second-order valence-corrected chi connectivity index (χ2v) is 8.92. The molecule has 0 radical (unpaired) electrons. The Hall–Kier alpha value is -3.98. The first-order valence-corrected chi connectivity index (χ1v) is 12.2. The highest BCUT2D eigenvalue weighted by molar-refractivity contribution is 7.98. The van der Waals surface area contributed by atoms with Crippen LogP contribution in [0.5, 0.6) is 0 Å². The summed E-state index contributed by atoms with van der Waals surface area (Å²) in [7, 11) is 0. The Kier molecular flexibility index (Phi) is 6.85. The number of fused-ring (bicyclic) bond motifs is 1. The molecule has 0 aliphatic carbocycles. The summed E-state index contributed by atoms with van der Waals surface area (Å²) in [6.07, 6.45) is 6.66.